The molecular formula is C24H34O8. The first-order chi connectivity index (χ1) is 14.6. The average Bonchev–Trinajstić information content (AvgIpc) is 3.06. The first kappa shape index (κ1) is 25.6. The number of hydrogen-bond acceptors (Lipinski definition) is 8. The van der Waals surface area contributed by atoms with Crippen LogP contribution in [0.15, 0.2) is 24.3 Å². The van der Waals surface area contributed by atoms with Gasteiger partial charge in [-0.05, 0) is 53.4 Å². The van der Waals surface area contributed by atoms with Crippen LogP contribution in [0.2, 0.25) is 0 Å². The summed E-state index contributed by atoms with van der Waals surface area (Å²) >= 11 is 0. The van der Waals surface area contributed by atoms with Crippen LogP contribution >= 0.6 is 0 Å². The number of rotatable bonds is 8. The van der Waals surface area contributed by atoms with Crippen molar-refractivity contribution in [3.63, 3.8) is 0 Å². The van der Waals surface area contributed by atoms with E-state index in [0.29, 0.717) is 0 Å². The van der Waals surface area contributed by atoms with E-state index in [0.717, 1.165) is 0 Å². The molecule has 0 aromatic heterocycles. The van der Waals surface area contributed by atoms with Crippen LogP contribution in [0.5, 0.6) is 0 Å². The fraction of sp³-hybridized carbons (Fsp3) is 0.667. The lowest BCUT2D eigenvalue weighted by atomic mass is 9.69. The van der Waals surface area contributed by atoms with Crippen LogP contribution < -0.4 is 0 Å². The smallest absolute Gasteiger partial charge is 0.333 e. The lowest BCUT2D eigenvalue weighted by Gasteiger charge is -2.41. The van der Waals surface area contributed by atoms with Gasteiger partial charge in [0.25, 0.3) is 0 Å². The molecule has 0 aliphatic carbocycles. The van der Waals surface area contributed by atoms with Crippen molar-refractivity contribution < 1.29 is 38.1 Å². The van der Waals surface area contributed by atoms with Gasteiger partial charge in [-0.2, -0.15) is 0 Å². The van der Waals surface area contributed by atoms with Crippen LogP contribution in [0.3, 0.4) is 0 Å². The fourth-order valence-electron chi connectivity index (χ4n) is 4.43. The molecule has 2 aliphatic rings. The molecule has 0 amide bonds. The number of carbonyl (C=O) groups is 4. The van der Waals surface area contributed by atoms with E-state index in [9.17, 15) is 19.2 Å². The highest BCUT2D eigenvalue weighted by Crippen LogP contribution is 2.49. The molecule has 0 aromatic rings. The minimum absolute atomic E-state index is 0.0951. The van der Waals surface area contributed by atoms with Gasteiger partial charge in [0, 0.05) is 11.1 Å². The van der Waals surface area contributed by atoms with Crippen molar-refractivity contribution in [1.82, 2.24) is 0 Å². The topological polar surface area (TPSA) is 105 Å². The van der Waals surface area contributed by atoms with Crippen molar-refractivity contribution in [3.05, 3.63) is 24.3 Å². The van der Waals surface area contributed by atoms with Gasteiger partial charge in [-0.15, -0.1) is 0 Å². The monoisotopic (exact) mass is 450 g/mol. The molecule has 0 aromatic carbocycles. The van der Waals surface area contributed by atoms with Crippen molar-refractivity contribution >= 4 is 23.9 Å². The van der Waals surface area contributed by atoms with E-state index in [4.69, 9.17) is 18.9 Å². The predicted octanol–water partition coefficient (Wildman–Crippen LogP) is 3.28. The first-order valence-electron chi connectivity index (χ1n) is 10.8. The number of cyclic esters (lactones) is 2. The Bertz CT molecular complexity index is 858. The van der Waals surface area contributed by atoms with Crippen molar-refractivity contribution in [2.45, 2.75) is 78.6 Å². The van der Waals surface area contributed by atoms with Crippen molar-refractivity contribution in [3.8, 4) is 0 Å². The van der Waals surface area contributed by atoms with Gasteiger partial charge in [0.05, 0.1) is 5.92 Å². The molecule has 8 nitrogen and oxygen atoms in total. The van der Waals surface area contributed by atoms with Crippen LogP contribution in [0.1, 0.15) is 61.3 Å². The van der Waals surface area contributed by atoms with E-state index in [-0.39, 0.29) is 36.5 Å². The molecule has 2 heterocycles. The highest BCUT2D eigenvalue weighted by Gasteiger charge is 2.63. The van der Waals surface area contributed by atoms with E-state index in [2.05, 4.69) is 13.2 Å². The van der Waals surface area contributed by atoms with E-state index < -0.39 is 52.5 Å². The molecule has 0 radical (unpaired) electrons. The molecule has 178 valence electrons. The Morgan fingerprint density at radius 1 is 1.09 bits per heavy atom. The zero-order valence-corrected chi connectivity index (χ0v) is 20.0. The van der Waals surface area contributed by atoms with E-state index in [1.165, 1.54) is 13.8 Å². The summed E-state index contributed by atoms with van der Waals surface area (Å²) < 4.78 is 22.4. The van der Waals surface area contributed by atoms with Crippen molar-refractivity contribution in [2.75, 3.05) is 6.61 Å². The highest BCUT2D eigenvalue weighted by atomic mass is 16.6. The molecule has 0 saturated carbocycles. The molecule has 2 rings (SSSR count). The molecule has 8 heteroatoms. The highest BCUT2D eigenvalue weighted by molar-refractivity contribution is 5.89. The summed E-state index contributed by atoms with van der Waals surface area (Å²) in [5.74, 6) is -3.18. The number of ether oxygens (including phenoxy) is 4. The molecule has 5 atom stereocenters. The van der Waals surface area contributed by atoms with E-state index in [1.54, 1.807) is 20.8 Å². The number of carbonyl (C=O) groups excluding carboxylic acids is 4. The minimum atomic E-state index is -1.23. The summed E-state index contributed by atoms with van der Waals surface area (Å²) in [6.45, 7) is 18.8. The summed E-state index contributed by atoms with van der Waals surface area (Å²) in [4.78, 5) is 49.9. The van der Waals surface area contributed by atoms with E-state index >= 15 is 0 Å². The minimum Gasteiger partial charge on any atom is -0.461 e. The van der Waals surface area contributed by atoms with Crippen LogP contribution in [0, 0.1) is 17.3 Å². The van der Waals surface area contributed by atoms with Gasteiger partial charge in [-0.1, -0.05) is 27.0 Å². The SMILES string of the molecule is C=C(C)C(=O)OC1(C(C)C)C(CCC2(C)C(=O)OCC2(C)OC(=O)C(=C)C)OC(=O)C1C. The van der Waals surface area contributed by atoms with Gasteiger partial charge in [0.15, 0.2) is 11.2 Å². The Balaban J connectivity index is 2.36. The summed E-state index contributed by atoms with van der Waals surface area (Å²) in [5.41, 5.74) is -3.24. The Morgan fingerprint density at radius 3 is 2.12 bits per heavy atom. The van der Waals surface area contributed by atoms with Crippen LogP contribution in [0.4, 0.5) is 0 Å². The summed E-state index contributed by atoms with van der Waals surface area (Å²) in [5, 5.41) is 0. The largest absolute Gasteiger partial charge is 0.461 e. The molecule has 0 N–H and O–H groups in total. The van der Waals surface area contributed by atoms with Crippen molar-refractivity contribution in [2.24, 2.45) is 17.3 Å². The Labute approximate surface area is 189 Å². The summed E-state index contributed by atoms with van der Waals surface area (Å²) in [7, 11) is 0. The maximum absolute atomic E-state index is 12.7. The van der Waals surface area contributed by atoms with Crippen molar-refractivity contribution in [1.29, 1.82) is 0 Å². The van der Waals surface area contributed by atoms with Crippen LogP contribution in [0.25, 0.3) is 0 Å². The molecule has 5 unspecified atom stereocenters. The third-order valence-electron chi connectivity index (χ3n) is 6.98. The third-order valence-corrected chi connectivity index (χ3v) is 6.98. The maximum atomic E-state index is 12.7. The first-order valence-corrected chi connectivity index (χ1v) is 10.8. The quantitative estimate of drug-likeness (QED) is 0.315. The summed E-state index contributed by atoms with van der Waals surface area (Å²) in [6.07, 6.45) is -0.418. The van der Waals surface area contributed by atoms with Gasteiger partial charge in [0.1, 0.15) is 18.1 Å². The molecule has 0 bridgehead atoms. The normalized spacial score (nSPS) is 34.1. The number of esters is 4. The second-order valence-electron chi connectivity index (χ2n) is 9.67. The standard InChI is InChI=1S/C24H34O8/c1-13(2)18(25)31-23(9)12-29-21(28)22(23,8)11-10-17-24(15(5)6,16(7)20(27)30-17)32-19(26)14(3)4/h15-17H,1,3,10-12H2,2,4-9H3. The molecule has 2 saturated heterocycles. The molecule has 32 heavy (non-hydrogen) atoms. The zero-order valence-electron chi connectivity index (χ0n) is 20.0. The Kier molecular flexibility index (Phi) is 6.98. The zero-order chi connectivity index (χ0) is 24.6. The lowest BCUT2D eigenvalue weighted by Crippen LogP contribution is -2.53. The fourth-order valence-corrected chi connectivity index (χ4v) is 4.43. The molecule has 2 aliphatic heterocycles. The average molecular weight is 451 g/mol. The van der Waals surface area contributed by atoms with Gasteiger partial charge >= 0.3 is 23.9 Å². The maximum Gasteiger partial charge on any atom is 0.333 e. The second-order valence-corrected chi connectivity index (χ2v) is 9.67. The number of hydrogen-bond donors (Lipinski definition) is 0. The Morgan fingerprint density at radius 2 is 1.62 bits per heavy atom. The lowest BCUT2D eigenvalue weighted by molar-refractivity contribution is -0.177. The van der Waals surface area contributed by atoms with Gasteiger partial charge in [-0.3, -0.25) is 9.59 Å². The molecule has 0 spiro atoms. The predicted molar refractivity (Wildman–Crippen MR) is 115 cm³/mol. The van der Waals surface area contributed by atoms with Crippen LogP contribution in [-0.2, 0) is 38.1 Å². The van der Waals surface area contributed by atoms with Gasteiger partial charge < -0.3 is 18.9 Å². The van der Waals surface area contributed by atoms with E-state index in [1.807, 2.05) is 13.8 Å². The van der Waals surface area contributed by atoms with Gasteiger partial charge in [0.2, 0.25) is 0 Å². The van der Waals surface area contributed by atoms with Gasteiger partial charge in [-0.25, -0.2) is 9.59 Å². The third kappa shape index (κ3) is 4.07. The van der Waals surface area contributed by atoms with Crippen LogP contribution in [-0.4, -0.2) is 47.8 Å². The molecular weight excluding hydrogens is 416 g/mol. The Hall–Kier alpha value is -2.64. The molecule has 2 fully saturated rings. The summed E-state index contributed by atoms with van der Waals surface area (Å²) in [6, 6.07) is 0. The second kappa shape index (κ2) is 8.71.